The molecule has 1 aliphatic rings. The number of pyridine rings is 1. The number of hydrogen-bond acceptors (Lipinski definition) is 1. The fourth-order valence-electron chi connectivity index (χ4n) is 1.83. The van der Waals surface area contributed by atoms with Gasteiger partial charge < -0.3 is 4.57 Å². The summed E-state index contributed by atoms with van der Waals surface area (Å²) in [6, 6.07) is 4.21. The Kier molecular flexibility index (Phi) is 3.20. The molecule has 16 heavy (non-hydrogen) atoms. The Morgan fingerprint density at radius 2 is 2.12 bits per heavy atom. The van der Waals surface area contributed by atoms with Gasteiger partial charge in [-0.1, -0.05) is 26.0 Å². The first-order chi connectivity index (χ1) is 7.95. The number of allylic oxidation sites excluding steroid dienone is 2. The second-order valence-corrected chi connectivity index (χ2v) is 3.40. The molecule has 0 fully saturated rings. The van der Waals surface area contributed by atoms with E-state index in [1.54, 1.807) is 0 Å². The summed E-state index contributed by atoms with van der Waals surface area (Å²) in [5.74, 6) is 0. The molecule has 2 heteroatoms. The average molecular weight is 212 g/mol. The van der Waals surface area contributed by atoms with E-state index in [9.17, 15) is 0 Å². The SMILES string of the molecule is C1=Cc2cc3cnccc3n2C=CC1.CC. The Balaban J connectivity index is 0.000000457. The number of fused-ring (bicyclic) bond motifs is 3. The van der Waals surface area contributed by atoms with Crippen LogP contribution in [0, 0.1) is 0 Å². The molecule has 3 rings (SSSR count). The lowest BCUT2D eigenvalue weighted by atomic mass is 10.3. The second-order valence-electron chi connectivity index (χ2n) is 3.40. The number of aromatic nitrogens is 2. The summed E-state index contributed by atoms with van der Waals surface area (Å²) in [7, 11) is 0. The largest absolute Gasteiger partial charge is 0.317 e. The zero-order valence-corrected chi connectivity index (χ0v) is 9.72. The summed E-state index contributed by atoms with van der Waals surface area (Å²) >= 11 is 0. The lowest BCUT2D eigenvalue weighted by molar-refractivity contribution is 1.20. The van der Waals surface area contributed by atoms with Crippen LogP contribution in [-0.4, -0.2) is 9.55 Å². The number of hydrogen-bond donors (Lipinski definition) is 0. The monoisotopic (exact) mass is 212 g/mol. The van der Waals surface area contributed by atoms with Crippen molar-refractivity contribution in [2.45, 2.75) is 20.3 Å². The van der Waals surface area contributed by atoms with Gasteiger partial charge in [-0.15, -0.1) is 0 Å². The molecule has 0 unspecified atom stereocenters. The van der Waals surface area contributed by atoms with Crippen molar-refractivity contribution in [2.24, 2.45) is 0 Å². The normalized spacial score (nSPS) is 12.9. The molecule has 0 aromatic carbocycles. The number of nitrogens with zero attached hydrogens (tertiary/aromatic N) is 2. The molecule has 3 heterocycles. The van der Waals surface area contributed by atoms with Gasteiger partial charge in [-0.05, 0) is 24.6 Å². The molecular formula is C14H16N2. The van der Waals surface area contributed by atoms with Crippen molar-refractivity contribution in [3.05, 3.63) is 42.4 Å². The van der Waals surface area contributed by atoms with Crippen molar-refractivity contribution < 1.29 is 0 Å². The van der Waals surface area contributed by atoms with Gasteiger partial charge in [-0.2, -0.15) is 0 Å². The molecule has 0 amide bonds. The molecule has 2 aromatic rings. The average Bonchev–Trinajstić information content (AvgIpc) is 2.54. The fourth-order valence-corrected chi connectivity index (χ4v) is 1.83. The molecule has 0 saturated heterocycles. The van der Waals surface area contributed by atoms with Crippen LogP contribution in [0.4, 0.5) is 0 Å². The van der Waals surface area contributed by atoms with Gasteiger partial charge in [0.05, 0.1) is 5.52 Å². The molecule has 1 aliphatic heterocycles. The standard InChI is InChI=1S/C12H10N2.C2H6/c1-2-4-11-8-10-9-13-6-5-12(10)14(11)7-3-1;1-2/h2-9H,1H2;1-2H3. The Morgan fingerprint density at radius 3 is 3.00 bits per heavy atom. The third-order valence-corrected chi connectivity index (χ3v) is 2.48. The van der Waals surface area contributed by atoms with Gasteiger partial charge in [-0.25, -0.2) is 0 Å². The molecule has 0 N–H and O–H groups in total. The van der Waals surface area contributed by atoms with E-state index < -0.39 is 0 Å². The highest BCUT2D eigenvalue weighted by Crippen LogP contribution is 2.21. The van der Waals surface area contributed by atoms with Crippen molar-refractivity contribution >= 4 is 23.2 Å². The van der Waals surface area contributed by atoms with Crippen LogP contribution in [-0.2, 0) is 0 Å². The van der Waals surface area contributed by atoms with Gasteiger partial charge in [0.1, 0.15) is 0 Å². The van der Waals surface area contributed by atoms with Crippen molar-refractivity contribution in [3.63, 3.8) is 0 Å². The lowest BCUT2D eigenvalue weighted by Crippen LogP contribution is -1.86. The third-order valence-electron chi connectivity index (χ3n) is 2.48. The molecule has 0 saturated carbocycles. The molecule has 0 spiro atoms. The number of rotatable bonds is 0. The van der Waals surface area contributed by atoms with Crippen molar-refractivity contribution in [1.82, 2.24) is 9.55 Å². The highest BCUT2D eigenvalue weighted by Gasteiger charge is 2.04. The van der Waals surface area contributed by atoms with E-state index in [1.165, 1.54) is 16.6 Å². The van der Waals surface area contributed by atoms with Crippen molar-refractivity contribution in [1.29, 1.82) is 0 Å². The topological polar surface area (TPSA) is 17.8 Å². The maximum atomic E-state index is 4.12. The minimum atomic E-state index is 1.01. The van der Waals surface area contributed by atoms with Gasteiger partial charge in [-0.3, -0.25) is 4.98 Å². The van der Waals surface area contributed by atoms with Crippen LogP contribution in [0.2, 0.25) is 0 Å². The highest BCUT2D eigenvalue weighted by atomic mass is 15.0. The third kappa shape index (κ3) is 1.78. The van der Waals surface area contributed by atoms with Crippen molar-refractivity contribution in [2.75, 3.05) is 0 Å². The van der Waals surface area contributed by atoms with E-state index in [-0.39, 0.29) is 0 Å². The van der Waals surface area contributed by atoms with Gasteiger partial charge in [0.15, 0.2) is 0 Å². The zero-order valence-electron chi connectivity index (χ0n) is 9.72. The predicted octanol–water partition coefficient (Wildman–Crippen LogP) is 3.95. The van der Waals surface area contributed by atoms with Gasteiger partial charge in [0.2, 0.25) is 0 Å². The first-order valence-electron chi connectivity index (χ1n) is 5.73. The van der Waals surface area contributed by atoms with Crippen molar-refractivity contribution in [3.8, 4) is 0 Å². The summed E-state index contributed by atoms with van der Waals surface area (Å²) in [6.45, 7) is 4.00. The lowest BCUT2D eigenvalue weighted by Gasteiger charge is -1.98. The summed E-state index contributed by atoms with van der Waals surface area (Å²) in [6.07, 6.45) is 13.3. The van der Waals surface area contributed by atoms with E-state index in [0.29, 0.717) is 0 Å². The first-order valence-corrected chi connectivity index (χ1v) is 5.73. The maximum Gasteiger partial charge on any atom is 0.0559 e. The van der Waals surface area contributed by atoms with E-state index in [1.807, 2.05) is 32.3 Å². The van der Waals surface area contributed by atoms with Crippen LogP contribution < -0.4 is 0 Å². The second kappa shape index (κ2) is 4.79. The molecule has 0 atom stereocenters. The molecule has 0 radical (unpaired) electrons. The quantitative estimate of drug-likeness (QED) is 0.646. The predicted molar refractivity (Wildman–Crippen MR) is 70.1 cm³/mol. The molecule has 2 nitrogen and oxygen atoms in total. The summed E-state index contributed by atoms with van der Waals surface area (Å²) in [4.78, 5) is 4.12. The minimum Gasteiger partial charge on any atom is -0.317 e. The molecular weight excluding hydrogens is 196 g/mol. The van der Waals surface area contributed by atoms with Crippen LogP contribution in [0.3, 0.4) is 0 Å². The van der Waals surface area contributed by atoms with Crippen LogP contribution in [0.15, 0.2) is 36.7 Å². The van der Waals surface area contributed by atoms with E-state index in [0.717, 1.165) is 6.42 Å². The summed E-state index contributed by atoms with van der Waals surface area (Å²) in [5, 5.41) is 1.19. The van der Waals surface area contributed by atoms with E-state index in [2.05, 4.69) is 40.0 Å². The summed E-state index contributed by atoms with van der Waals surface area (Å²) in [5.41, 5.74) is 2.44. The Morgan fingerprint density at radius 1 is 1.25 bits per heavy atom. The van der Waals surface area contributed by atoms with Crippen LogP contribution in [0.1, 0.15) is 26.0 Å². The Labute approximate surface area is 95.9 Å². The van der Waals surface area contributed by atoms with Crippen LogP contribution in [0.5, 0.6) is 0 Å². The highest BCUT2D eigenvalue weighted by molar-refractivity contribution is 5.85. The maximum absolute atomic E-state index is 4.12. The molecule has 2 aromatic heterocycles. The van der Waals surface area contributed by atoms with Crippen LogP contribution >= 0.6 is 0 Å². The van der Waals surface area contributed by atoms with Gasteiger partial charge >= 0.3 is 0 Å². The smallest absolute Gasteiger partial charge is 0.0559 e. The molecule has 82 valence electrons. The summed E-state index contributed by atoms with van der Waals surface area (Å²) < 4.78 is 2.19. The van der Waals surface area contributed by atoms with Gasteiger partial charge in [0, 0.05) is 29.7 Å². The molecule has 0 bridgehead atoms. The molecule has 0 aliphatic carbocycles. The van der Waals surface area contributed by atoms with Gasteiger partial charge in [0.25, 0.3) is 0 Å². The van der Waals surface area contributed by atoms with Crippen LogP contribution in [0.25, 0.3) is 23.2 Å². The first kappa shape index (κ1) is 10.7. The minimum absolute atomic E-state index is 1.01. The fraction of sp³-hybridized carbons (Fsp3) is 0.214. The zero-order chi connectivity index (χ0) is 11.4. The Hall–Kier alpha value is -1.83. The Bertz CT molecular complexity index is 533. The van der Waals surface area contributed by atoms with E-state index in [4.69, 9.17) is 0 Å². The van der Waals surface area contributed by atoms with E-state index >= 15 is 0 Å².